The van der Waals surface area contributed by atoms with Crippen LogP contribution in [-0.2, 0) is 12.8 Å². The zero-order valence-corrected chi connectivity index (χ0v) is 14.6. The van der Waals surface area contributed by atoms with Crippen LogP contribution in [0.3, 0.4) is 0 Å². The molecule has 0 saturated carbocycles. The van der Waals surface area contributed by atoms with E-state index in [1.807, 2.05) is 48.5 Å². The minimum atomic E-state index is 0.490. The Balaban J connectivity index is 1.62. The first kappa shape index (κ1) is 17.7. The van der Waals surface area contributed by atoms with Gasteiger partial charge in [0.2, 0.25) is 0 Å². The predicted molar refractivity (Wildman–Crippen MR) is 103 cm³/mol. The summed E-state index contributed by atoms with van der Waals surface area (Å²) in [6.07, 6.45) is 2.38. The summed E-state index contributed by atoms with van der Waals surface area (Å²) >= 11 is 0. The van der Waals surface area contributed by atoms with Crippen molar-refractivity contribution in [2.45, 2.75) is 12.8 Å². The highest BCUT2D eigenvalue weighted by molar-refractivity contribution is 5.81. The van der Waals surface area contributed by atoms with E-state index < -0.39 is 0 Å². The third-order valence-electron chi connectivity index (χ3n) is 4.11. The van der Waals surface area contributed by atoms with Crippen LogP contribution in [0.15, 0.2) is 78.9 Å². The average molecular weight is 346 g/mol. The topological polar surface area (TPSA) is 35.5 Å². The number of rotatable bonds is 9. The number of carbonyl (C=O) groups excluding carboxylic acids is 1. The van der Waals surface area contributed by atoms with Gasteiger partial charge in [0, 0.05) is 12.8 Å². The fourth-order valence-corrected chi connectivity index (χ4v) is 2.73. The second-order valence-corrected chi connectivity index (χ2v) is 5.96. The Bertz CT molecular complexity index is 813. The maximum atomic E-state index is 11.4. The van der Waals surface area contributed by atoms with E-state index in [0.29, 0.717) is 30.3 Å². The third-order valence-corrected chi connectivity index (χ3v) is 4.11. The number of ether oxygens (including phenoxy) is 2. The van der Waals surface area contributed by atoms with Crippen molar-refractivity contribution in [3.63, 3.8) is 0 Å². The van der Waals surface area contributed by atoms with E-state index in [9.17, 15) is 4.79 Å². The highest BCUT2D eigenvalue weighted by Gasteiger charge is 2.11. The SMILES string of the molecule is O=Cc1cccc(OCCc2ccccc2)c1OCCc1ccccc1. The molecule has 3 nitrogen and oxygen atoms in total. The van der Waals surface area contributed by atoms with Crippen molar-refractivity contribution in [1.29, 1.82) is 0 Å². The van der Waals surface area contributed by atoms with Gasteiger partial charge in [0.25, 0.3) is 0 Å². The van der Waals surface area contributed by atoms with Crippen LogP contribution in [0.4, 0.5) is 0 Å². The van der Waals surface area contributed by atoms with Gasteiger partial charge in [-0.05, 0) is 23.3 Å². The summed E-state index contributed by atoms with van der Waals surface area (Å²) < 4.78 is 11.8. The molecule has 3 aromatic carbocycles. The number of para-hydroxylation sites is 1. The first-order valence-corrected chi connectivity index (χ1v) is 8.78. The summed E-state index contributed by atoms with van der Waals surface area (Å²) in [4.78, 5) is 11.4. The average Bonchev–Trinajstić information content (AvgIpc) is 2.70. The Morgan fingerprint density at radius 2 is 1.23 bits per heavy atom. The van der Waals surface area contributed by atoms with Gasteiger partial charge in [0.15, 0.2) is 17.8 Å². The molecule has 3 rings (SSSR count). The first-order valence-electron chi connectivity index (χ1n) is 8.78. The summed E-state index contributed by atoms with van der Waals surface area (Å²) in [6.45, 7) is 1.02. The lowest BCUT2D eigenvalue weighted by Crippen LogP contribution is -2.07. The van der Waals surface area contributed by atoms with Crippen molar-refractivity contribution in [2.75, 3.05) is 13.2 Å². The van der Waals surface area contributed by atoms with Gasteiger partial charge in [0.05, 0.1) is 18.8 Å². The van der Waals surface area contributed by atoms with Gasteiger partial charge >= 0.3 is 0 Å². The Hall–Kier alpha value is -3.07. The zero-order chi connectivity index (χ0) is 18.0. The van der Waals surface area contributed by atoms with E-state index in [0.717, 1.165) is 19.1 Å². The molecule has 0 aliphatic heterocycles. The number of carbonyl (C=O) groups is 1. The van der Waals surface area contributed by atoms with Crippen LogP contribution < -0.4 is 9.47 Å². The summed E-state index contributed by atoms with van der Waals surface area (Å²) in [5.74, 6) is 1.13. The number of hydrogen-bond donors (Lipinski definition) is 0. The van der Waals surface area contributed by atoms with Crippen LogP contribution in [0.1, 0.15) is 21.5 Å². The molecule has 0 amide bonds. The molecule has 0 fully saturated rings. The smallest absolute Gasteiger partial charge is 0.171 e. The molecule has 0 aliphatic carbocycles. The fraction of sp³-hybridized carbons (Fsp3) is 0.174. The Labute approximate surface area is 154 Å². The quantitative estimate of drug-likeness (QED) is 0.525. The predicted octanol–water partition coefficient (Wildman–Crippen LogP) is 4.74. The van der Waals surface area contributed by atoms with Gasteiger partial charge < -0.3 is 9.47 Å². The van der Waals surface area contributed by atoms with Crippen molar-refractivity contribution >= 4 is 6.29 Å². The van der Waals surface area contributed by atoms with E-state index in [-0.39, 0.29) is 0 Å². The second kappa shape index (κ2) is 9.42. The monoisotopic (exact) mass is 346 g/mol. The van der Waals surface area contributed by atoms with Gasteiger partial charge in [0.1, 0.15) is 0 Å². The molecule has 0 spiro atoms. The van der Waals surface area contributed by atoms with E-state index in [4.69, 9.17) is 9.47 Å². The van der Waals surface area contributed by atoms with Crippen LogP contribution in [0.2, 0.25) is 0 Å². The molecule has 3 aromatic rings. The number of aldehydes is 1. The Morgan fingerprint density at radius 1 is 0.654 bits per heavy atom. The van der Waals surface area contributed by atoms with E-state index >= 15 is 0 Å². The van der Waals surface area contributed by atoms with E-state index in [1.165, 1.54) is 11.1 Å². The van der Waals surface area contributed by atoms with Crippen LogP contribution in [0.5, 0.6) is 11.5 Å². The Kier molecular flexibility index (Phi) is 6.43. The van der Waals surface area contributed by atoms with Gasteiger partial charge in [-0.2, -0.15) is 0 Å². The summed E-state index contributed by atoms with van der Waals surface area (Å²) in [6, 6.07) is 25.7. The van der Waals surface area contributed by atoms with E-state index in [1.54, 1.807) is 6.07 Å². The number of hydrogen-bond acceptors (Lipinski definition) is 3. The van der Waals surface area contributed by atoms with Crippen LogP contribution in [-0.4, -0.2) is 19.5 Å². The summed E-state index contributed by atoms with van der Waals surface area (Å²) in [7, 11) is 0. The molecular formula is C23H22O3. The molecule has 26 heavy (non-hydrogen) atoms. The molecule has 0 aliphatic rings. The maximum Gasteiger partial charge on any atom is 0.171 e. The molecule has 0 aromatic heterocycles. The van der Waals surface area contributed by atoms with Crippen molar-refractivity contribution in [2.24, 2.45) is 0 Å². The van der Waals surface area contributed by atoms with Gasteiger partial charge in [-0.15, -0.1) is 0 Å². The number of benzene rings is 3. The van der Waals surface area contributed by atoms with Crippen LogP contribution >= 0.6 is 0 Å². The molecule has 0 heterocycles. The lowest BCUT2D eigenvalue weighted by Gasteiger charge is -2.14. The largest absolute Gasteiger partial charge is 0.489 e. The highest BCUT2D eigenvalue weighted by atomic mass is 16.5. The first-order chi connectivity index (χ1) is 12.9. The maximum absolute atomic E-state index is 11.4. The third kappa shape index (κ3) is 4.96. The van der Waals surface area contributed by atoms with Crippen molar-refractivity contribution in [3.8, 4) is 11.5 Å². The molecule has 0 bridgehead atoms. The van der Waals surface area contributed by atoms with Crippen molar-refractivity contribution in [1.82, 2.24) is 0 Å². The second-order valence-electron chi connectivity index (χ2n) is 5.96. The molecule has 132 valence electrons. The highest BCUT2D eigenvalue weighted by Crippen LogP contribution is 2.30. The lowest BCUT2D eigenvalue weighted by atomic mass is 10.1. The molecule has 0 radical (unpaired) electrons. The molecular weight excluding hydrogens is 324 g/mol. The van der Waals surface area contributed by atoms with Crippen molar-refractivity contribution in [3.05, 3.63) is 95.6 Å². The van der Waals surface area contributed by atoms with Gasteiger partial charge in [-0.25, -0.2) is 0 Å². The lowest BCUT2D eigenvalue weighted by molar-refractivity contribution is 0.111. The summed E-state index contributed by atoms with van der Waals surface area (Å²) in [5, 5.41) is 0. The van der Waals surface area contributed by atoms with Crippen molar-refractivity contribution < 1.29 is 14.3 Å². The Morgan fingerprint density at radius 3 is 1.81 bits per heavy atom. The fourth-order valence-electron chi connectivity index (χ4n) is 2.73. The van der Waals surface area contributed by atoms with E-state index in [2.05, 4.69) is 24.3 Å². The minimum Gasteiger partial charge on any atom is -0.489 e. The van der Waals surface area contributed by atoms with Gasteiger partial charge in [-0.1, -0.05) is 66.7 Å². The standard InChI is InChI=1S/C23H22O3/c24-18-21-12-7-13-22(25-16-14-19-8-3-1-4-9-19)23(21)26-17-15-20-10-5-2-6-11-20/h1-13,18H,14-17H2. The molecule has 0 unspecified atom stereocenters. The molecule has 0 saturated heterocycles. The molecule has 0 N–H and O–H groups in total. The molecule has 3 heteroatoms. The normalized spacial score (nSPS) is 10.3. The minimum absolute atomic E-state index is 0.490. The summed E-state index contributed by atoms with van der Waals surface area (Å²) in [5.41, 5.74) is 2.92. The zero-order valence-electron chi connectivity index (χ0n) is 14.6. The van der Waals surface area contributed by atoms with Crippen LogP contribution in [0.25, 0.3) is 0 Å². The van der Waals surface area contributed by atoms with Crippen LogP contribution in [0, 0.1) is 0 Å². The van der Waals surface area contributed by atoms with Gasteiger partial charge in [-0.3, -0.25) is 4.79 Å². The molecule has 0 atom stereocenters.